The number of nitrogens with one attached hydrogen (secondary N) is 2. The summed E-state index contributed by atoms with van der Waals surface area (Å²) >= 11 is 0. The number of halogens is 1. The van der Waals surface area contributed by atoms with Crippen molar-refractivity contribution in [3.8, 4) is 5.75 Å². The van der Waals surface area contributed by atoms with Crippen molar-refractivity contribution in [1.29, 1.82) is 0 Å². The molecule has 2 aromatic rings. The van der Waals surface area contributed by atoms with E-state index in [9.17, 15) is 8.42 Å². The Balaban J connectivity index is 0.00000364. The predicted octanol–water partition coefficient (Wildman–Crippen LogP) is 2.89. The maximum atomic E-state index is 11.5. The predicted molar refractivity (Wildman–Crippen MR) is 120 cm³/mol. The summed E-state index contributed by atoms with van der Waals surface area (Å²) in [6.45, 7) is 3.14. The molecule has 148 valence electrons. The van der Waals surface area contributed by atoms with Crippen LogP contribution in [0.5, 0.6) is 5.75 Å². The molecule has 0 aliphatic heterocycles. The Morgan fingerprint density at radius 1 is 1.07 bits per heavy atom. The van der Waals surface area contributed by atoms with E-state index in [-0.39, 0.29) is 24.0 Å². The molecule has 0 aliphatic rings. The average molecular weight is 503 g/mol. The molecule has 0 aromatic heterocycles. The number of hydrogen-bond donors (Lipinski definition) is 2. The van der Waals surface area contributed by atoms with E-state index in [1.807, 2.05) is 25.1 Å². The lowest BCUT2D eigenvalue weighted by Crippen LogP contribution is -2.36. The number of aliphatic imine (C=N–C) groups is 1. The fraction of sp³-hybridized carbons (Fsp3) is 0.316. The summed E-state index contributed by atoms with van der Waals surface area (Å²) in [5.74, 6) is 1.49. The van der Waals surface area contributed by atoms with Gasteiger partial charge >= 0.3 is 0 Å². The fourth-order valence-corrected chi connectivity index (χ4v) is 3.07. The Morgan fingerprint density at radius 2 is 1.70 bits per heavy atom. The number of sulfone groups is 1. The molecule has 2 aromatic carbocycles. The highest BCUT2D eigenvalue weighted by molar-refractivity contribution is 14.0. The smallest absolute Gasteiger partial charge is 0.191 e. The maximum absolute atomic E-state index is 11.5. The first kappa shape index (κ1) is 23.2. The number of benzene rings is 2. The number of rotatable bonds is 6. The summed E-state index contributed by atoms with van der Waals surface area (Å²) < 4.78 is 28.4. The zero-order valence-corrected chi connectivity index (χ0v) is 19.1. The Kier molecular flexibility index (Phi) is 9.04. The third-order valence-corrected chi connectivity index (χ3v) is 5.05. The van der Waals surface area contributed by atoms with Crippen LogP contribution in [0.3, 0.4) is 0 Å². The summed E-state index contributed by atoms with van der Waals surface area (Å²) in [5.41, 5.74) is 3.15. The van der Waals surface area contributed by atoms with Crippen LogP contribution < -0.4 is 15.4 Å². The van der Waals surface area contributed by atoms with E-state index in [1.54, 1.807) is 38.4 Å². The van der Waals surface area contributed by atoms with E-state index in [2.05, 4.69) is 15.6 Å². The van der Waals surface area contributed by atoms with Gasteiger partial charge in [0.1, 0.15) is 5.75 Å². The summed E-state index contributed by atoms with van der Waals surface area (Å²) in [6.07, 6.45) is 1.20. The van der Waals surface area contributed by atoms with Gasteiger partial charge in [-0.2, -0.15) is 0 Å². The van der Waals surface area contributed by atoms with Crippen molar-refractivity contribution in [2.24, 2.45) is 4.99 Å². The second kappa shape index (κ2) is 10.5. The van der Waals surface area contributed by atoms with Crippen LogP contribution in [-0.4, -0.2) is 34.8 Å². The molecule has 0 fully saturated rings. The molecule has 0 aliphatic carbocycles. The second-order valence-corrected chi connectivity index (χ2v) is 8.03. The van der Waals surface area contributed by atoms with Gasteiger partial charge in [-0.05, 0) is 36.2 Å². The molecule has 2 rings (SSSR count). The summed E-state index contributed by atoms with van der Waals surface area (Å²) in [7, 11) is 0.188. The van der Waals surface area contributed by atoms with Gasteiger partial charge in [-0.15, -0.1) is 24.0 Å². The minimum atomic E-state index is -3.17. The lowest BCUT2D eigenvalue weighted by Gasteiger charge is -2.14. The average Bonchev–Trinajstić information content (AvgIpc) is 2.62. The number of aryl methyl sites for hydroxylation is 1. The fourth-order valence-electron chi connectivity index (χ4n) is 2.44. The Morgan fingerprint density at radius 3 is 2.26 bits per heavy atom. The monoisotopic (exact) mass is 503 g/mol. The first-order chi connectivity index (χ1) is 12.3. The van der Waals surface area contributed by atoms with Gasteiger partial charge in [0.15, 0.2) is 15.8 Å². The normalized spacial score (nSPS) is 11.5. The molecule has 0 spiro atoms. The van der Waals surface area contributed by atoms with Crippen molar-refractivity contribution >= 4 is 39.8 Å². The van der Waals surface area contributed by atoms with Crippen LogP contribution in [0.15, 0.2) is 52.4 Å². The SMILES string of the molecule is CN=C(NCc1ccc(S(C)(=O)=O)cc1)NCc1ccc(C)cc1OC.I. The Bertz CT molecular complexity index is 882. The topological polar surface area (TPSA) is 79.8 Å². The number of nitrogens with zero attached hydrogens (tertiary/aromatic N) is 1. The molecule has 0 radical (unpaired) electrons. The van der Waals surface area contributed by atoms with Crippen LogP contribution in [0.1, 0.15) is 16.7 Å². The molecule has 0 saturated heterocycles. The molecule has 0 amide bonds. The molecule has 27 heavy (non-hydrogen) atoms. The molecule has 8 heteroatoms. The quantitative estimate of drug-likeness (QED) is 0.360. The van der Waals surface area contributed by atoms with Crippen molar-refractivity contribution in [2.45, 2.75) is 24.9 Å². The first-order valence-corrected chi connectivity index (χ1v) is 10.1. The summed E-state index contributed by atoms with van der Waals surface area (Å²) in [4.78, 5) is 4.52. The molecule has 0 heterocycles. The Hall–Kier alpha value is -1.81. The van der Waals surface area contributed by atoms with Crippen LogP contribution >= 0.6 is 24.0 Å². The van der Waals surface area contributed by atoms with Crippen LogP contribution in [0.25, 0.3) is 0 Å². The highest BCUT2D eigenvalue weighted by Gasteiger charge is 2.07. The number of guanidine groups is 1. The molecule has 0 atom stereocenters. The minimum Gasteiger partial charge on any atom is -0.496 e. The molecule has 0 bridgehead atoms. The van der Waals surface area contributed by atoms with Gasteiger partial charge in [-0.3, -0.25) is 4.99 Å². The number of ether oxygens (including phenoxy) is 1. The highest BCUT2D eigenvalue weighted by Crippen LogP contribution is 2.19. The van der Waals surface area contributed by atoms with E-state index < -0.39 is 9.84 Å². The van der Waals surface area contributed by atoms with E-state index >= 15 is 0 Å². The van der Waals surface area contributed by atoms with Gasteiger partial charge in [0.25, 0.3) is 0 Å². The molecular formula is C19H26IN3O3S. The van der Waals surface area contributed by atoms with E-state index in [1.165, 1.54) is 6.26 Å². The highest BCUT2D eigenvalue weighted by atomic mass is 127. The van der Waals surface area contributed by atoms with Crippen LogP contribution in [0, 0.1) is 6.92 Å². The third-order valence-electron chi connectivity index (χ3n) is 3.92. The van der Waals surface area contributed by atoms with E-state index in [4.69, 9.17) is 4.74 Å². The minimum absolute atomic E-state index is 0. The molecule has 6 nitrogen and oxygen atoms in total. The van der Waals surface area contributed by atoms with Crippen LogP contribution in [0.2, 0.25) is 0 Å². The van der Waals surface area contributed by atoms with Crippen LogP contribution in [-0.2, 0) is 22.9 Å². The van der Waals surface area contributed by atoms with Gasteiger partial charge in [0, 0.05) is 32.0 Å². The van der Waals surface area contributed by atoms with Crippen molar-refractivity contribution in [1.82, 2.24) is 10.6 Å². The van der Waals surface area contributed by atoms with Gasteiger partial charge < -0.3 is 15.4 Å². The van der Waals surface area contributed by atoms with Crippen molar-refractivity contribution < 1.29 is 13.2 Å². The molecule has 0 unspecified atom stereocenters. The Labute approximate surface area is 178 Å². The standard InChI is InChI=1S/C19H25N3O3S.HI/c1-14-5-8-16(18(11-14)25-3)13-22-19(20-2)21-12-15-6-9-17(10-7-15)26(4,23)24;/h5-11H,12-13H2,1-4H3,(H2,20,21,22);1H. The largest absolute Gasteiger partial charge is 0.496 e. The van der Waals surface area contributed by atoms with Crippen molar-refractivity contribution in [3.63, 3.8) is 0 Å². The van der Waals surface area contributed by atoms with Gasteiger partial charge in [0.2, 0.25) is 0 Å². The van der Waals surface area contributed by atoms with Crippen molar-refractivity contribution in [2.75, 3.05) is 20.4 Å². The first-order valence-electron chi connectivity index (χ1n) is 8.20. The summed E-state index contributed by atoms with van der Waals surface area (Å²) in [6, 6.07) is 12.9. The van der Waals surface area contributed by atoms with Gasteiger partial charge in [-0.1, -0.05) is 24.3 Å². The maximum Gasteiger partial charge on any atom is 0.191 e. The zero-order valence-electron chi connectivity index (χ0n) is 15.9. The van der Waals surface area contributed by atoms with Crippen LogP contribution in [0.4, 0.5) is 0 Å². The van der Waals surface area contributed by atoms with Gasteiger partial charge in [0.05, 0.1) is 12.0 Å². The number of hydrogen-bond acceptors (Lipinski definition) is 4. The zero-order chi connectivity index (χ0) is 19.2. The third kappa shape index (κ3) is 7.02. The molecular weight excluding hydrogens is 477 g/mol. The number of methoxy groups -OCH3 is 1. The lowest BCUT2D eigenvalue weighted by molar-refractivity contribution is 0.408. The summed E-state index contributed by atoms with van der Waals surface area (Å²) in [5, 5.41) is 6.46. The lowest BCUT2D eigenvalue weighted by atomic mass is 10.1. The van der Waals surface area contributed by atoms with E-state index in [0.29, 0.717) is 23.9 Å². The van der Waals surface area contributed by atoms with Gasteiger partial charge in [-0.25, -0.2) is 8.42 Å². The molecule has 0 saturated carbocycles. The second-order valence-electron chi connectivity index (χ2n) is 6.01. The van der Waals surface area contributed by atoms with E-state index in [0.717, 1.165) is 22.4 Å². The van der Waals surface area contributed by atoms with Crippen molar-refractivity contribution in [3.05, 3.63) is 59.2 Å². The molecule has 2 N–H and O–H groups in total.